The highest BCUT2D eigenvalue weighted by molar-refractivity contribution is 7.89. The van der Waals surface area contributed by atoms with Crippen LogP contribution in [0.15, 0.2) is 23.1 Å². The van der Waals surface area contributed by atoms with E-state index in [0.29, 0.717) is 18.7 Å². The van der Waals surface area contributed by atoms with Gasteiger partial charge in [-0.2, -0.15) is 0 Å². The number of sulfonamides is 1. The zero-order chi connectivity index (χ0) is 16.2. The van der Waals surface area contributed by atoms with Crippen molar-refractivity contribution in [1.82, 2.24) is 4.31 Å². The number of amides is 1. The van der Waals surface area contributed by atoms with Crippen LogP contribution >= 0.6 is 0 Å². The number of carbonyl (C=O) groups excluding carboxylic acids is 1. The Kier molecular flexibility index (Phi) is 5.88. The smallest absolute Gasteiger partial charge is 0.242 e. The van der Waals surface area contributed by atoms with Crippen LogP contribution < -0.4 is 11.1 Å². The van der Waals surface area contributed by atoms with Crippen LogP contribution in [0.4, 0.5) is 5.69 Å². The molecule has 118 valence electrons. The van der Waals surface area contributed by atoms with E-state index in [2.05, 4.69) is 5.32 Å². The maximum absolute atomic E-state index is 12.1. The molecule has 0 aliphatic rings. The summed E-state index contributed by atoms with van der Waals surface area (Å²) in [6.45, 7) is 4.04. The SMILES string of the molecule is Cc1ccc(S(=O)(=O)N(C)C)cc1NC(=O)C(C)CCN. The molecule has 6 nitrogen and oxygen atoms in total. The van der Waals surface area contributed by atoms with Crippen LogP contribution in [0, 0.1) is 12.8 Å². The normalized spacial score (nSPS) is 13.2. The molecule has 0 fully saturated rings. The number of nitrogens with one attached hydrogen (secondary N) is 1. The molecule has 0 spiro atoms. The Bertz CT molecular complexity index is 612. The Morgan fingerprint density at radius 2 is 2.00 bits per heavy atom. The van der Waals surface area contributed by atoms with Crippen molar-refractivity contribution >= 4 is 21.6 Å². The fourth-order valence-corrected chi connectivity index (χ4v) is 2.67. The summed E-state index contributed by atoms with van der Waals surface area (Å²) in [7, 11) is -0.582. The highest BCUT2D eigenvalue weighted by atomic mass is 32.2. The molecule has 0 saturated carbocycles. The molecule has 0 aliphatic heterocycles. The number of rotatable bonds is 6. The monoisotopic (exact) mass is 313 g/mol. The number of carbonyl (C=O) groups is 1. The van der Waals surface area contributed by atoms with Crippen molar-refractivity contribution in [3.05, 3.63) is 23.8 Å². The minimum atomic E-state index is -3.52. The summed E-state index contributed by atoms with van der Waals surface area (Å²) in [5.41, 5.74) is 6.75. The minimum Gasteiger partial charge on any atom is -0.330 e. The van der Waals surface area contributed by atoms with Crippen molar-refractivity contribution in [2.45, 2.75) is 25.2 Å². The second kappa shape index (κ2) is 7.02. The van der Waals surface area contributed by atoms with E-state index < -0.39 is 10.0 Å². The molecule has 1 aromatic rings. The molecule has 1 unspecified atom stereocenters. The number of benzene rings is 1. The third-order valence-electron chi connectivity index (χ3n) is 3.29. The van der Waals surface area contributed by atoms with Crippen LogP contribution in [0.25, 0.3) is 0 Å². The molecule has 3 N–H and O–H groups in total. The van der Waals surface area contributed by atoms with E-state index in [1.54, 1.807) is 13.0 Å². The Labute approximate surface area is 126 Å². The van der Waals surface area contributed by atoms with Gasteiger partial charge in [0.05, 0.1) is 4.90 Å². The van der Waals surface area contributed by atoms with Crippen LogP contribution in [0.2, 0.25) is 0 Å². The van der Waals surface area contributed by atoms with Crippen LogP contribution in [0.3, 0.4) is 0 Å². The summed E-state index contributed by atoms with van der Waals surface area (Å²) in [4.78, 5) is 12.2. The minimum absolute atomic E-state index is 0.153. The third-order valence-corrected chi connectivity index (χ3v) is 5.10. The zero-order valence-corrected chi connectivity index (χ0v) is 13.7. The van der Waals surface area contributed by atoms with Gasteiger partial charge < -0.3 is 11.1 Å². The topological polar surface area (TPSA) is 92.5 Å². The number of nitrogens with zero attached hydrogens (tertiary/aromatic N) is 1. The molecule has 0 aliphatic carbocycles. The Morgan fingerprint density at radius 3 is 2.52 bits per heavy atom. The summed E-state index contributed by atoms with van der Waals surface area (Å²) in [6.07, 6.45) is 0.584. The maximum atomic E-state index is 12.1. The van der Waals surface area contributed by atoms with Gasteiger partial charge in [0.25, 0.3) is 0 Å². The molecule has 7 heteroatoms. The fourth-order valence-electron chi connectivity index (χ4n) is 1.74. The molecule has 0 bridgehead atoms. The molecule has 1 rings (SSSR count). The van der Waals surface area contributed by atoms with E-state index in [1.165, 1.54) is 26.2 Å². The van der Waals surface area contributed by atoms with Gasteiger partial charge in [-0.3, -0.25) is 4.79 Å². The first-order valence-electron chi connectivity index (χ1n) is 6.74. The van der Waals surface area contributed by atoms with Gasteiger partial charge in [-0.15, -0.1) is 0 Å². The van der Waals surface area contributed by atoms with E-state index >= 15 is 0 Å². The van der Waals surface area contributed by atoms with Crippen LogP contribution in [-0.4, -0.2) is 39.3 Å². The van der Waals surface area contributed by atoms with Crippen molar-refractivity contribution in [2.24, 2.45) is 11.7 Å². The largest absolute Gasteiger partial charge is 0.330 e. The van der Waals surface area contributed by atoms with Gasteiger partial charge in [0.15, 0.2) is 0 Å². The molecule has 0 aromatic heterocycles. The zero-order valence-electron chi connectivity index (χ0n) is 12.9. The standard InChI is InChI=1S/C14H23N3O3S/c1-10-5-6-12(21(19,20)17(3)4)9-13(10)16-14(18)11(2)7-8-15/h5-6,9,11H,7-8,15H2,1-4H3,(H,16,18). The quantitative estimate of drug-likeness (QED) is 0.824. The van der Waals surface area contributed by atoms with Gasteiger partial charge in [0.1, 0.15) is 0 Å². The lowest BCUT2D eigenvalue weighted by atomic mass is 10.1. The number of aryl methyl sites for hydroxylation is 1. The summed E-state index contributed by atoms with van der Waals surface area (Å²) in [6, 6.07) is 4.70. The van der Waals surface area contributed by atoms with Crippen molar-refractivity contribution in [3.8, 4) is 0 Å². The van der Waals surface area contributed by atoms with Gasteiger partial charge >= 0.3 is 0 Å². The lowest BCUT2D eigenvalue weighted by Gasteiger charge is -2.16. The maximum Gasteiger partial charge on any atom is 0.242 e. The number of hydrogen-bond donors (Lipinski definition) is 2. The van der Waals surface area contributed by atoms with Gasteiger partial charge in [0, 0.05) is 25.7 Å². The summed E-state index contributed by atoms with van der Waals surface area (Å²) < 4.78 is 25.4. The summed E-state index contributed by atoms with van der Waals surface area (Å²) >= 11 is 0. The first-order valence-corrected chi connectivity index (χ1v) is 8.18. The molecule has 1 amide bonds. The number of anilines is 1. The van der Waals surface area contributed by atoms with Gasteiger partial charge in [-0.1, -0.05) is 13.0 Å². The van der Waals surface area contributed by atoms with Crippen LogP contribution in [0.5, 0.6) is 0 Å². The Morgan fingerprint density at radius 1 is 1.38 bits per heavy atom. The highest BCUT2D eigenvalue weighted by Crippen LogP contribution is 2.22. The summed E-state index contributed by atoms with van der Waals surface area (Å²) in [5, 5.41) is 2.77. The van der Waals surface area contributed by atoms with Crippen molar-refractivity contribution in [1.29, 1.82) is 0 Å². The van der Waals surface area contributed by atoms with E-state index in [0.717, 1.165) is 9.87 Å². The molecular weight excluding hydrogens is 290 g/mol. The van der Waals surface area contributed by atoms with Crippen LogP contribution in [0.1, 0.15) is 18.9 Å². The molecular formula is C14H23N3O3S. The van der Waals surface area contributed by atoms with Crippen molar-refractivity contribution in [3.63, 3.8) is 0 Å². The lowest BCUT2D eigenvalue weighted by molar-refractivity contribution is -0.119. The number of hydrogen-bond acceptors (Lipinski definition) is 4. The molecule has 21 heavy (non-hydrogen) atoms. The average molecular weight is 313 g/mol. The Balaban J connectivity index is 3.07. The predicted octanol–water partition coefficient (Wildman–Crippen LogP) is 1.17. The van der Waals surface area contributed by atoms with E-state index in [-0.39, 0.29) is 16.7 Å². The van der Waals surface area contributed by atoms with E-state index in [9.17, 15) is 13.2 Å². The average Bonchev–Trinajstić information content (AvgIpc) is 2.40. The third kappa shape index (κ3) is 4.26. The highest BCUT2D eigenvalue weighted by Gasteiger charge is 2.19. The van der Waals surface area contributed by atoms with Crippen molar-refractivity contribution in [2.75, 3.05) is 26.0 Å². The summed E-state index contributed by atoms with van der Waals surface area (Å²) in [5.74, 6) is -0.383. The predicted molar refractivity (Wildman–Crippen MR) is 83.5 cm³/mol. The van der Waals surface area contributed by atoms with Crippen LogP contribution in [-0.2, 0) is 14.8 Å². The van der Waals surface area contributed by atoms with Crippen molar-refractivity contribution < 1.29 is 13.2 Å². The first-order chi connectivity index (χ1) is 9.70. The first kappa shape index (κ1) is 17.6. The van der Waals surface area contributed by atoms with Gasteiger partial charge in [-0.25, -0.2) is 12.7 Å². The second-order valence-electron chi connectivity index (χ2n) is 5.23. The molecule has 1 atom stereocenters. The van der Waals surface area contributed by atoms with Gasteiger partial charge in [0.2, 0.25) is 15.9 Å². The Hall–Kier alpha value is -1.44. The second-order valence-corrected chi connectivity index (χ2v) is 7.38. The molecule has 0 radical (unpaired) electrons. The number of nitrogens with two attached hydrogens (primary N) is 1. The fraction of sp³-hybridized carbons (Fsp3) is 0.500. The molecule has 0 saturated heterocycles. The molecule has 0 heterocycles. The van der Waals surface area contributed by atoms with E-state index in [4.69, 9.17) is 5.73 Å². The molecule has 1 aromatic carbocycles. The van der Waals surface area contributed by atoms with Gasteiger partial charge in [-0.05, 0) is 37.6 Å². The lowest BCUT2D eigenvalue weighted by Crippen LogP contribution is -2.24. The van der Waals surface area contributed by atoms with E-state index in [1.807, 2.05) is 6.92 Å².